The fraction of sp³-hybridized carbons (Fsp3) is 0.800. The number of sulfonamides is 1. The van der Waals surface area contributed by atoms with E-state index in [0.717, 1.165) is 5.69 Å². The first-order chi connectivity index (χ1) is 8.10. The summed E-state index contributed by atoms with van der Waals surface area (Å²) in [6, 6.07) is 0.163. The van der Waals surface area contributed by atoms with Gasteiger partial charge in [-0.25, -0.2) is 13.1 Å². The van der Waals surface area contributed by atoms with Crippen molar-refractivity contribution >= 4 is 10.0 Å². The van der Waals surface area contributed by atoms with Crippen LogP contribution >= 0.6 is 0 Å². The average molecular weight is 256 g/mol. The average Bonchev–Trinajstić information content (AvgIpc) is 2.97. The minimum Gasteiger partial charge on any atom is -0.247 e. The van der Waals surface area contributed by atoms with Crippen LogP contribution in [-0.4, -0.2) is 46.6 Å². The van der Waals surface area contributed by atoms with Crippen LogP contribution in [0.1, 0.15) is 37.4 Å². The standard InChI is InChI=1S/C10H16N4O2S/c1-2-17(15,16)13-5-9(6-13)14-7-10(11-12-14)8-3-4-8/h7-9H,2-6H2,1H3. The molecular weight excluding hydrogens is 240 g/mol. The lowest BCUT2D eigenvalue weighted by molar-refractivity contribution is 0.189. The molecule has 1 aliphatic heterocycles. The summed E-state index contributed by atoms with van der Waals surface area (Å²) in [6.07, 6.45) is 4.39. The Bertz CT molecular complexity index is 514. The van der Waals surface area contributed by atoms with E-state index in [0.29, 0.717) is 19.0 Å². The van der Waals surface area contributed by atoms with Gasteiger partial charge in [-0.05, 0) is 19.8 Å². The van der Waals surface area contributed by atoms with E-state index in [-0.39, 0.29) is 11.8 Å². The predicted molar refractivity (Wildman–Crippen MR) is 62.1 cm³/mol. The van der Waals surface area contributed by atoms with Crippen molar-refractivity contribution in [2.24, 2.45) is 0 Å². The van der Waals surface area contributed by atoms with Crippen LogP contribution in [0.2, 0.25) is 0 Å². The fourth-order valence-corrected chi connectivity index (χ4v) is 3.19. The van der Waals surface area contributed by atoms with Crippen molar-refractivity contribution in [1.82, 2.24) is 19.3 Å². The van der Waals surface area contributed by atoms with Gasteiger partial charge in [-0.15, -0.1) is 5.10 Å². The highest BCUT2D eigenvalue weighted by molar-refractivity contribution is 7.89. The zero-order valence-electron chi connectivity index (χ0n) is 9.78. The second kappa shape index (κ2) is 3.78. The first-order valence-electron chi connectivity index (χ1n) is 5.99. The molecule has 0 aromatic carbocycles. The third-order valence-corrected chi connectivity index (χ3v) is 5.30. The molecule has 1 saturated heterocycles. The first kappa shape index (κ1) is 11.2. The van der Waals surface area contributed by atoms with Gasteiger partial charge in [0.05, 0.1) is 17.5 Å². The second-order valence-electron chi connectivity index (χ2n) is 4.77. The van der Waals surface area contributed by atoms with Gasteiger partial charge in [0.1, 0.15) is 0 Å². The molecule has 7 heteroatoms. The number of nitrogens with zero attached hydrogens (tertiary/aromatic N) is 4. The highest BCUT2D eigenvalue weighted by Crippen LogP contribution is 2.39. The first-order valence-corrected chi connectivity index (χ1v) is 7.60. The van der Waals surface area contributed by atoms with E-state index in [9.17, 15) is 8.42 Å². The lowest BCUT2D eigenvalue weighted by Crippen LogP contribution is -2.51. The molecule has 1 aromatic rings. The van der Waals surface area contributed by atoms with Gasteiger partial charge in [-0.3, -0.25) is 0 Å². The summed E-state index contributed by atoms with van der Waals surface area (Å²) in [4.78, 5) is 0. The molecule has 3 rings (SSSR count). The van der Waals surface area contributed by atoms with Crippen LogP contribution in [0.4, 0.5) is 0 Å². The van der Waals surface area contributed by atoms with Gasteiger partial charge in [0.25, 0.3) is 0 Å². The van der Waals surface area contributed by atoms with Gasteiger partial charge < -0.3 is 0 Å². The van der Waals surface area contributed by atoms with E-state index >= 15 is 0 Å². The molecule has 1 aliphatic carbocycles. The number of rotatable bonds is 4. The molecule has 0 atom stereocenters. The van der Waals surface area contributed by atoms with Crippen LogP contribution < -0.4 is 0 Å². The van der Waals surface area contributed by atoms with Crippen LogP contribution in [-0.2, 0) is 10.0 Å². The van der Waals surface area contributed by atoms with Gasteiger partial charge in [0, 0.05) is 25.2 Å². The van der Waals surface area contributed by atoms with Gasteiger partial charge in [-0.1, -0.05) is 5.21 Å². The van der Waals surface area contributed by atoms with Crippen molar-refractivity contribution in [3.05, 3.63) is 11.9 Å². The van der Waals surface area contributed by atoms with Gasteiger partial charge in [-0.2, -0.15) is 4.31 Å². The fourth-order valence-electron chi connectivity index (χ4n) is 2.03. The van der Waals surface area contributed by atoms with Crippen LogP contribution in [0, 0.1) is 0 Å². The molecule has 17 heavy (non-hydrogen) atoms. The van der Waals surface area contributed by atoms with Gasteiger partial charge in [0.2, 0.25) is 10.0 Å². The summed E-state index contributed by atoms with van der Waals surface area (Å²) in [5, 5.41) is 8.22. The minimum atomic E-state index is -3.03. The molecule has 0 bridgehead atoms. The third-order valence-electron chi connectivity index (χ3n) is 3.48. The molecule has 6 nitrogen and oxygen atoms in total. The van der Waals surface area contributed by atoms with Crippen molar-refractivity contribution < 1.29 is 8.42 Å². The predicted octanol–water partition coefficient (Wildman–Crippen LogP) is 0.362. The van der Waals surface area contributed by atoms with Crippen molar-refractivity contribution in [3.8, 4) is 0 Å². The van der Waals surface area contributed by atoms with E-state index in [4.69, 9.17) is 0 Å². The molecule has 0 radical (unpaired) electrons. The Kier molecular flexibility index (Phi) is 2.48. The molecule has 0 spiro atoms. The SMILES string of the molecule is CCS(=O)(=O)N1CC(n2cc(C3CC3)nn2)C1. The van der Waals surface area contributed by atoms with Gasteiger partial charge in [0.15, 0.2) is 0 Å². The summed E-state index contributed by atoms with van der Waals surface area (Å²) in [6.45, 7) is 2.73. The molecule has 94 valence electrons. The highest BCUT2D eigenvalue weighted by Gasteiger charge is 2.37. The van der Waals surface area contributed by atoms with Crippen molar-refractivity contribution in [2.75, 3.05) is 18.8 Å². The molecule has 2 aliphatic rings. The summed E-state index contributed by atoms with van der Waals surface area (Å²) in [7, 11) is -3.03. The van der Waals surface area contributed by atoms with Crippen LogP contribution in [0.5, 0.6) is 0 Å². The molecular formula is C10H16N4O2S. The number of hydrogen-bond acceptors (Lipinski definition) is 4. The van der Waals surface area contributed by atoms with E-state index < -0.39 is 10.0 Å². The zero-order chi connectivity index (χ0) is 12.0. The summed E-state index contributed by atoms with van der Waals surface area (Å²) in [5.74, 6) is 0.768. The Morgan fingerprint density at radius 3 is 2.71 bits per heavy atom. The lowest BCUT2D eigenvalue weighted by Gasteiger charge is -2.37. The number of aromatic nitrogens is 3. The maximum absolute atomic E-state index is 11.6. The van der Waals surface area contributed by atoms with Crippen LogP contribution in [0.25, 0.3) is 0 Å². The Hall–Kier alpha value is -0.950. The highest BCUT2D eigenvalue weighted by atomic mass is 32.2. The van der Waals surface area contributed by atoms with E-state index in [1.165, 1.54) is 17.1 Å². The summed E-state index contributed by atoms with van der Waals surface area (Å²) < 4.78 is 26.4. The summed E-state index contributed by atoms with van der Waals surface area (Å²) >= 11 is 0. The normalized spacial score (nSPS) is 22.6. The third kappa shape index (κ3) is 1.97. The Morgan fingerprint density at radius 2 is 2.12 bits per heavy atom. The lowest BCUT2D eigenvalue weighted by atomic mass is 10.2. The quantitative estimate of drug-likeness (QED) is 0.780. The topological polar surface area (TPSA) is 68.1 Å². The van der Waals surface area contributed by atoms with Crippen molar-refractivity contribution in [2.45, 2.75) is 31.7 Å². The van der Waals surface area contributed by atoms with Crippen molar-refractivity contribution in [1.29, 1.82) is 0 Å². The molecule has 1 aromatic heterocycles. The maximum atomic E-state index is 11.6. The van der Waals surface area contributed by atoms with E-state index in [2.05, 4.69) is 10.3 Å². The Labute approximate surface area is 101 Å². The smallest absolute Gasteiger partial charge is 0.213 e. The maximum Gasteiger partial charge on any atom is 0.213 e. The Morgan fingerprint density at radius 1 is 1.41 bits per heavy atom. The van der Waals surface area contributed by atoms with Crippen molar-refractivity contribution in [3.63, 3.8) is 0 Å². The zero-order valence-corrected chi connectivity index (χ0v) is 10.6. The van der Waals surface area contributed by atoms with E-state index in [1.807, 2.05) is 10.9 Å². The summed E-state index contributed by atoms with van der Waals surface area (Å²) in [5.41, 5.74) is 1.06. The largest absolute Gasteiger partial charge is 0.247 e. The molecule has 1 saturated carbocycles. The van der Waals surface area contributed by atoms with Crippen LogP contribution in [0.15, 0.2) is 6.20 Å². The van der Waals surface area contributed by atoms with Gasteiger partial charge >= 0.3 is 0 Å². The van der Waals surface area contributed by atoms with E-state index in [1.54, 1.807) is 6.92 Å². The molecule has 0 unspecified atom stereocenters. The second-order valence-corrected chi connectivity index (χ2v) is 7.03. The van der Waals surface area contributed by atoms with Crippen LogP contribution in [0.3, 0.4) is 0 Å². The minimum absolute atomic E-state index is 0.163. The molecule has 2 heterocycles. The number of hydrogen-bond donors (Lipinski definition) is 0. The molecule has 0 N–H and O–H groups in total. The Balaban J connectivity index is 1.64. The molecule has 2 fully saturated rings. The monoisotopic (exact) mass is 256 g/mol. The molecule has 0 amide bonds.